The molecule has 1 saturated heterocycles. The van der Waals surface area contributed by atoms with Crippen LogP contribution >= 0.6 is 0 Å². The molecule has 1 aliphatic heterocycles. The Kier molecular flexibility index (Phi) is 5.79. The van der Waals surface area contributed by atoms with Crippen molar-refractivity contribution in [3.8, 4) is 0 Å². The molecule has 100 valence electrons. The quantitative estimate of drug-likeness (QED) is 0.792. The zero-order valence-electron chi connectivity index (χ0n) is 11.6. The molecule has 1 saturated carbocycles. The van der Waals surface area contributed by atoms with Crippen molar-refractivity contribution in [1.82, 2.24) is 10.2 Å². The summed E-state index contributed by atoms with van der Waals surface area (Å²) in [6.07, 6.45) is 11.7. The van der Waals surface area contributed by atoms with Gasteiger partial charge in [0.25, 0.3) is 0 Å². The molecule has 1 aliphatic carbocycles. The lowest BCUT2D eigenvalue weighted by molar-refractivity contribution is 0.112. The summed E-state index contributed by atoms with van der Waals surface area (Å²) in [7, 11) is 0. The van der Waals surface area contributed by atoms with Gasteiger partial charge >= 0.3 is 0 Å². The second kappa shape index (κ2) is 7.38. The highest BCUT2D eigenvalue weighted by atomic mass is 15.2. The van der Waals surface area contributed by atoms with Crippen LogP contribution in [0.1, 0.15) is 58.3 Å². The van der Waals surface area contributed by atoms with Gasteiger partial charge in [-0.25, -0.2) is 0 Å². The predicted molar refractivity (Wildman–Crippen MR) is 74.3 cm³/mol. The van der Waals surface area contributed by atoms with Gasteiger partial charge in [-0.3, -0.25) is 4.90 Å². The van der Waals surface area contributed by atoms with Gasteiger partial charge in [0.05, 0.1) is 0 Å². The lowest BCUT2D eigenvalue weighted by Gasteiger charge is -2.39. The van der Waals surface area contributed by atoms with Crippen molar-refractivity contribution in [3.63, 3.8) is 0 Å². The highest BCUT2D eigenvalue weighted by molar-refractivity contribution is 4.81. The van der Waals surface area contributed by atoms with Crippen molar-refractivity contribution in [1.29, 1.82) is 0 Å². The standard InChI is InChI=1S/C15H30N2/c1-2-16-12-15-10-6-7-11-17(15)13-14-8-4-3-5-9-14/h14-16H,2-13H2,1H3. The van der Waals surface area contributed by atoms with Gasteiger partial charge in [-0.2, -0.15) is 0 Å². The van der Waals surface area contributed by atoms with E-state index in [1.807, 2.05) is 0 Å². The van der Waals surface area contributed by atoms with Crippen LogP contribution in [0, 0.1) is 5.92 Å². The molecular weight excluding hydrogens is 208 g/mol. The number of hydrogen-bond acceptors (Lipinski definition) is 2. The van der Waals surface area contributed by atoms with Crippen LogP contribution in [0.4, 0.5) is 0 Å². The van der Waals surface area contributed by atoms with Crippen LogP contribution in [0.2, 0.25) is 0 Å². The Hall–Kier alpha value is -0.0800. The van der Waals surface area contributed by atoms with Crippen molar-refractivity contribution < 1.29 is 0 Å². The molecule has 2 rings (SSSR count). The highest BCUT2D eigenvalue weighted by Gasteiger charge is 2.25. The van der Waals surface area contributed by atoms with E-state index < -0.39 is 0 Å². The Bertz CT molecular complexity index is 199. The van der Waals surface area contributed by atoms with E-state index >= 15 is 0 Å². The zero-order valence-corrected chi connectivity index (χ0v) is 11.6. The third-order valence-corrected chi connectivity index (χ3v) is 4.60. The first-order valence-corrected chi connectivity index (χ1v) is 7.85. The van der Waals surface area contributed by atoms with Gasteiger partial charge in [-0.05, 0) is 44.7 Å². The number of hydrogen-bond donors (Lipinski definition) is 1. The van der Waals surface area contributed by atoms with E-state index in [9.17, 15) is 0 Å². The summed E-state index contributed by atoms with van der Waals surface area (Å²) in [6, 6.07) is 0.825. The van der Waals surface area contributed by atoms with Crippen LogP contribution in [-0.2, 0) is 0 Å². The molecule has 2 fully saturated rings. The smallest absolute Gasteiger partial charge is 0.0220 e. The molecule has 1 atom stereocenters. The van der Waals surface area contributed by atoms with E-state index in [1.165, 1.54) is 71.0 Å². The topological polar surface area (TPSA) is 15.3 Å². The van der Waals surface area contributed by atoms with Gasteiger partial charge in [-0.15, -0.1) is 0 Å². The maximum absolute atomic E-state index is 3.54. The average Bonchev–Trinajstić information content (AvgIpc) is 2.39. The monoisotopic (exact) mass is 238 g/mol. The Morgan fingerprint density at radius 2 is 1.76 bits per heavy atom. The van der Waals surface area contributed by atoms with Gasteiger partial charge in [0.2, 0.25) is 0 Å². The fraction of sp³-hybridized carbons (Fsp3) is 1.00. The third kappa shape index (κ3) is 4.26. The summed E-state index contributed by atoms with van der Waals surface area (Å²) in [5.41, 5.74) is 0. The Morgan fingerprint density at radius 1 is 1.00 bits per heavy atom. The molecule has 2 heteroatoms. The zero-order chi connectivity index (χ0) is 11.9. The largest absolute Gasteiger partial charge is 0.315 e. The number of nitrogens with one attached hydrogen (secondary N) is 1. The molecular formula is C15H30N2. The number of piperidine rings is 1. The number of nitrogens with zero attached hydrogens (tertiary/aromatic N) is 1. The van der Waals surface area contributed by atoms with E-state index in [1.54, 1.807) is 0 Å². The number of likely N-dealkylation sites (tertiary alicyclic amines) is 1. The molecule has 2 aliphatic rings. The summed E-state index contributed by atoms with van der Waals surface area (Å²) < 4.78 is 0. The minimum Gasteiger partial charge on any atom is -0.315 e. The Morgan fingerprint density at radius 3 is 2.53 bits per heavy atom. The van der Waals surface area contributed by atoms with Crippen molar-refractivity contribution in [3.05, 3.63) is 0 Å². The van der Waals surface area contributed by atoms with Crippen molar-refractivity contribution in [2.24, 2.45) is 5.92 Å². The lowest BCUT2D eigenvalue weighted by Crippen LogP contribution is -2.47. The Labute approximate surface area is 107 Å². The molecule has 0 amide bonds. The van der Waals surface area contributed by atoms with E-state index in [-0.39, 0.29) is 0 Å². The summed E-state index contributed by atoms with van der Waals surface area (Å²) in [4.78, 5) is 2.79. The SMILES string of the molecule is CCNCC1CCCCN1CC1CCCCC1. The molecule has 2 nitrogen and oxygen atoms in total. The van der Waals surface area contributed by atoms with Crippen molar-refractivity contribution in [2.45, 2.75) is 64.3 Å². The minimum atomic E-state index is 0.825. The molecule has 1 unspecified atom stereocenters. The number of rotatable bonds is 5. The highest BCUT2D eigenvalue weighted by Crippen LogP contribution is 2.27. The van der Waals surface area contributed by atoms with Gasteiger partial charge in [0, 0.05) is 19.1 Å². The van der Waals surface area contributed by atoms with E-state index in [0.717, 1.165) is 18.5 Å². The predicted octanol–water partition coefficient (Wildman–Crippen LogP) is 3.03. The molecule has 17 heavy (non-hydrogen) atoms. The van der Waals surface area contributed by atoms with Gasteiger partial charge in [0.1, 0.15) is 0 Å². The Balaban J connectivity index is 1.78. The third-order valence-electron chi connectivity index (χ3n) is 4.60. The summed E-state index contributed by atoms with van der Waals surface area (Å²) in [6.45, 7) is 7.29. The molecule has 0 aromatic carbocycles. The van der Waals surface area contributed by atoms with E-state index in [0.29, 0.717) is 0 Å². The molecule has 0 spiro atoms. The fourth-order valence-corrected chi connectivity index (χ4v) is 3.54. The van der Waals surface area contributed by atoms with Crippen LogP contribution < -0.4 is 5.32 Å². The average molecular weight is 238 g/mol. The molecule has 0 aromatic heterocycles. The van der Waals surface area contributed by atoms with Crippen LogP contribution in [0.3, 0.4) is 0 Å². The first-order chi connectivity index (χ1) is 8.40. The fourth-order valence-electron chi connectivity index (χ4n) is 3.54. The van der Waals surface area contributed by atoms with Gasteiger partial charge in [-0.1, -0.05) is 32.6 Å². The second-order valence-corrected chi connectivity index (χ2v) is 5.96. The van der Waals surface area contributed by atoms with Crippen LogP contribution in [0.25, 0.3) is 0 Å². The van der Waals surface area contributed by atoms with Crippen LogP contribution in [-0.4, -0.2) is 37.1 Å². The molecule has 0 bridgehead atoms. The summed E-state index contributed by atoms with van der Waals surface area (Å²) in [5.74, 6) is 1.01. The van der Waals surface area contributed by atoms with Crippen LogP contribution in [0.5, 0.6) is 0 Å². The summed E-state index contributed by atoms with van der Waals surface area (Å²) >= 11 is 0. The molecule has 0 aromatic rings. The molecule has 1 heterocycles. The summed E-state index contributed by atoms with van der Waals surface area (Å²) in [5, 5.41) is 3.54. The van der Waals surface area contributed by atoms with Gasteiger partial charge < -0.3 is 5.32 Å². The maximum atomic E-state index is 3.54. The lowest BCUT2D eigenvalue weighted by atomic mass is 9.88. The van der Waals surface area contributed by atoms with E-state index in [2.05, 4.69) is 17.1 Å². The van der Waals surface area contributed by atoms with E-state index in [4.69, 9.17) is 0 Å². The number of likely N-dealkylation sites (N-methyl/N-ethyl adjacent to an activating group) is 1. The normalized spacial score (nSPS) is 28.4. The maximum Gasteiger partial charge on any atom is 0.0220 e. The first-order valence-electron chi connectivity index (χ1n) is 7.85. The van der Waals surface area contributed by atoms with Crippen molar-refractivity contribution in [2.75, 3.05) is 26.2 Å². The minimum absolute atomic E-state index is 0.825. The second-order valence-electron chi connectivity index (χ2n) is 5.96. The molecule has 0 radical (unpaired) electrons. The van der Waals surface area contributed by atoms with Gasteiger partial charge in [0.15, 0.2) is 0 Å². The first kappa shape index (κ1) is 13.4. The molecule has 1 N–H and O–H groups in total. The van der Waals surface area contributed by atoms with Crippen LogP contribution in [0.15, 0.2) is 0 Å². The van der Waals surface area contributed by atoms with Crippen molar-refractivity contribution >= 4 is 0 Å².